The Bertz CT molecular complexity index is 994. The first-order chi connectivity index (χ1) is 12.9. The molecule has 0 saturated heterocycles. The number of halogens is 1. The van der Waals surface area contributed by atoms with Gasteiger partial charge in [0.1, 0.15) is 21.9 Å². The average molecular weight is 498 g/mol. The molecule has 27 heavy (non-hydrogen) atoms. The molecule has 9 heteroatoms. The lowest BCUT2D eigenvalue weighted by atomic mass is 9.79. The van der Waals surface area contributed by atoms with Crippen LogP contribution in [0.25, 0.3) is 16.9 Å². The Morgan fingerprint density at radius 3 is 2.44 bits per heavy atom. The molecule has 1 aromatic carbocycles. The van der Waals surface area contributed by atoms with Gasteiger partial charge in [0.25, 0.3) is 0 Å². The van der Waals surface area contributed by atoms with Crippen LogP contribution in [0.2, 0.25) is 0 Å². The second kappa shape index (κ2) is 7.58. The molecule has 0 bridgehead atoms. The molecule has 0 atom stereocenters. The summed E-state index contributed by atoms with van der Waals surface area (Å²) in [4.78, 5) is 31.2. The molecule has 0 amide bonds. The van der Waals surface area contributed by atoms with E-state index in [1.807, 2.05) is 4.57 Å². The summed E-state index contributed by atoms with van der Waals surface area (Å²) in [5, 5.41) is 0. The Labute approximate surface area is 170 Å². The summed E-state index contributed by atoms with van der Waals surface area (Å²) < 4.78 is 14.0. The maximum Gasteiger partial charge on any atom is 0.325 e. The van der Waals surface area contributed by atoms with E-state index in [1.165, 1.54) is 5.56 Å². The molecule has 1 fully saturated rings. The van der Waals surface area contributed by atoms with Gasteiger partial charge in [-0.3, -0.25) is 9.13 Å². The van der Waals surface area contributed by atoms with E-state index in [2.05, 4.69) is 61.8 Å². The number of aromatic nitrogens is 4. The minimum atomic E-state index is -3.90. The van der Waals surface area contributed by atoms with Crippen LogP contribution in [0.1, 0.15) is 37.2 Å². The largest absolute Gasteiger partial charge is 0.325 e. The van der Waals surface area contributed by atoms with E-state index in [1.54, 1.807) is 12.7 Å². The Kier molecular flexibility index (Phi) is 5.33. The van der Waals surface area contributed by atoms with Crippen molar-refractivity contribution in [3.8, 4) is 5.69 Å². The van der Waals surface area contributed by atoms with Gasteiger partial charge in [0.2, 0.25) is 0 Å². The monoisotopic (exact) mass is 498 g/mol. The highest BCUT2D eigenvalue weighted by Gasteiger charge is 2.27. The van der Waals surface area contributed by atoms with Gasteiger partial charge in [-0.1, -0.05) is 12.1 Å². The second-order valence-corrected chi connectivity index (χ2v) is 9.82. The van der Waals surface area contributed by atoms with Crippen LogP contribution in [0.4, 0.5) is 0 Å². The lowest BCUT2D eigenvalue weighted by Crippen LogP contribution is -2.16. The summed E-state index contributed by atoms with van der Waals surface area (Å²) in [7, 11) is -3.90. The topological polar surface area (TPSA) is 101 Å². The van der Waals surface area contributed by atoms with Crippen LogP contribution in [0, 0.1) is 9.62 Å². The molecule has 2 heterocycles. The van der Waals surface area contributed by atoms with Crippen molar-refractivity contribution < 1.29 is 14.4 Å². The molecule has 1 saturated carbocycles. The van der Waals surface area contributed by atoms with Crippen molar-refractivity contribution in [3.05, 3.63) is 46.2 Å². The van der Waals surface area contributed by atoms with Crippen LogP contribution < -0.4 is 0 Å². The van der Waals surface area contributed by atoms with E-state index >= 15 is 0 Å². The van der Waals surface area contributed by atoms with Crippen LogP contribution >= 0.6 is 30.2 Å². The Morgan fingerprint density at radius 1 is 1.07 bits per heavy atom. The van der Waals surface area contributed by atoms with E-state index in [9.17, 15) is 4.57 Å². The van der Waals surface area contributed by atoms with Crippen LogP contribution in [0.15, 0.2) is 36.9 Å². The summed E-state index contributed by atoms with van der Waals surface area (Å²) in [6, 6.07) is 8.43. The number of fused-ring (bicyclic) bond motifs is 1. The predicted octanol–water partition coefficient (Wildman–Crippen LogP) is 3.87. The maximum absolute atomic E-state index is 11.2. The van der Waals surface area contributed by atoms with Crippen LogP contribution in [0.5, 0.6) is 0 Å². The molecule has 2 aromatic heterocycles. The highest BCUT2D eigenvalue weighted by Crippen LogP contribution is 2.44. The smallest absolute Gasteiger partial charge is 0.324 e. The standard InChI is InChI=1S/C18H20IN4O3P/c19-17-16-18(21-10-20-17)23(11-22-16)15-7-5-14(6-8-15)13-3-1-12(2-4-13)9-27(24,25)26/h5-8,10-13H,1-4,9H2,(H2,24,25,26). The summed E-state index contributed by atoms with van der Waals surface area (Å²) in [5.41, 5.74) is 3.87. The third-order valence-corrected chi connectivity index (χ3v) is 7.06. The van der Waals surface area contributed by atoms with Gasteiger partial charge in [0.15, 0.2) is 5.65 Å². The van der Waals surface area contributed by atoms with E-state index in [4.69, 9.17) is 9.79 Å². The lowest BCUT2D eigenvalue weighted by molar-refractivity contribution is 0.316. The van der Waals surface area contributed by atoms with Crippen molar-refractivity contribution in [1.82, 2.24) is 19.5 Å². The van der Waals surface area contributed by atoms with Gasteiger partial charge in [0.05, 0.1) is 6.16 Å². The summed E-state index contributed by atoms with van der Waals surface area (Å²) in [5.74, 6) is 0.593. The zero-order valence-corrected chi connectivity index (χ0v) is 17.6. The molecule has 0 unspecified atom stereocenters. The van der Waals surface area contributed by atoms with Gasteiger partial charge in [-0.25, -0.2) is 15.0 Å². The average Bonchev–Trinajstić information content (AvgIpc) is 3.07. The highest BCUT2D eigenvalue weighted by molar-refractivity contribution is 14.1. The van der Waals surface area contributed by atoms with E-state index in [0.29, 0.717) is 5.92 Å². The predicted molar refractivity (Wildman–Crippen MR) is 111 cm³/mol. The van der Waals surface area contributed by atoms with Gasteiger partial charge in [-0.05, 0) is 77.8 Å². The molecule has 0 radical (unpaired) electrons. The SMILES string of the molecule is O=P(O)(O)CC1CCC(c2ccc(-n3cnc4c(I)ncnc43)cc2)CC1. The first kappa shape index (κ1) is 19.0. The second-order valence-electron chi connectivity index (χ2n) is 7.11. The molecule has 1 aliphatic carbocycles. The third kappa shape index (κ3) is 4.23. The van der Waals surface area contributed by atoms with Crippen LogP contribution in [-0.2, 0) is 4.57 Å². The maximum atomic E-state index is 11.2. The van der Waals surface area contributed by atoms with E-state index in [-0.39, 0.29) is 12.1 Å². The lowest BCUT2D eigenvalue weighted by Gasteiger charge is -2.29. The number of benzene rings is 1. The van der Waals surface area contributed by atoms with Crippen LogP contribution in [-0.4, -0.2) is 35.5 Å². The molecular weight excluding hydrogens is 478 g/mol. The Hall–Kier alpha value is -1.35. The molecule has 142 valence electrons. The summed E-state index contributed by atoms with van der Waals surface area (Å²) in [6.07, 6.45) is 7.04. The minimum Gasteiger partial charge on any atom is -0.324 e. The number of hydrogen-bond acceptors (Lipinski definition) is 4. The van der Waals surface area contributed by atoms with Crippen molar-refractivity contribution >= 4 is 41.4 Å². The fourth-order valence-electron chi connectivity index (χ4n) is 3.92. The number of rotatable bonds is 4. The number of hydrogen-bond donors (Lipinski definition) is 2. The zero-order valence-electron chi connectivity index (χ0n) is 14.6. The van der Waals surface area contributed by atoms with Gasteiger partial charge < -0.3 is 9.79 Å². The molecule has 3 aromatic rings. The quantitative estimate of drug-likeness (QED) is 0.322. The van der Waals surface area contributed by atoms with Crippen molar-refractivity contribution in [1.29, 1.82) is 0 Å². The molecule has 0 aliphatic heterocycles. The van der Waals surface area contributed by atoms with Gasteiger partial charge in [0, 0.05) is 5.69 Å². The van der Waals surface area contributed by atoms with Gasteiger partial charge in [-0.2, -0.15) is 0 Å². The minimum absolute atomic E-state index is 0.0209. The molecule has 0 spiro atoms. The summed E-state index contributed by atoms with van der Waals surface area (Å²) >= 11 is 2.16. The van der Waals surface area contributed by atoms with Crippen molar-refractivity contribution in [2.45, 2.75) is 31.6 Å². The fourth-order valence-corrected chi connectivity index (χ4v) is 5.46. The van der Waals surface area contributed by atoms with E-state index in [0.717, 1.165) is 46.2 Å². The first-order valence-electron chi connectivity index (χ1n) is 8.89. The van der Waals surface area contributed by atoms with Gasteiger partial charge >= 0.3 is 7.60 Å². The normalized spacial score (nSPS) is 20.9. The Morgan fingerprint density at radius 2 is 1.78 bits per heavy atom. The fraction of sp³-hybridized carbons (Fsp3) is 0.389. The molecule has 4 rings (SSSR count). The third-order valence-electron chi connectivity index (χ3n) is 5.27. The summed E-state index contributed by atoms with van der Waals surface area (Å²) in [6.45, 7) is 0. The molecule has 2 N–H and O–H groups in total. The number of imidazole rings is 1. The van der Waals surface area contributed by atoms with Crippen molar-refractivity contribution in [3.63, 3.8) is 0 Å². The molecule has 1 aliphatic rings. The zero-order chi connectivity index (χ0) is 19.0. The van der Waals surface area contributed by atoms with Crippen LogP contribution in [0.3, 0.4) is 0 Å². The number of nitrogens with zero attached hydrogens (tertiary/aromatic N) is 4. The van der Waals surface area contributed by atoms with Crippen molar-refractivity contribution in [2.75, 3.05) is 6.16 Å². The van der Waals surface area contributed by atoms with E-state index < -0.39 is 7.60 Å². The first-order valence-corrected chi connectivity index (χ1v) is 11.8. The van der Waals surface area contributed by atoms with Crippen molar-refractivity contribution in [2.24, 2.45) is 5.92 Å². The molecule has 7 nitrogen and oxygen atoms in total. The van der Waals surface area contributed by atoms with Gasteiger partial charge in [-0.15, -0.1) is 0 Å². The Balaban J connectivity index is 1.48. The molecular formula is C18H20IN4O3P. The highest BCUT2D eigenvalue weighted by atomic mass is 127.